The minimum Gasteiger partial charge on any atom is -0.359 e. The normalized spacial score (nSPS) is 11.2. The van der Waals surface area contributed by atoms with Crippen LogP contribution in [0.25, 0.3) is 16.7 Å². The van der Waals surface area contributed by atoms with Crippen LogP contribution in [0.2, 0.25) is 0 Å². The Labute approximate surface area is 129 Å². The first-order valence-corrected chi connectivity index (χ1v) is 7.01. The van der Waals surface area contributed by atoms with Crippen molar-refractivity contribution >= 4 is 11.0 Å². The predicted molar refractivity (Wildman–Crippen MR) is 81.3 cm³/mol. The Morgan fingerprint density at radius 2 is 2.04 bits per heavy atom. The number of rotatable bonds is 3. The van der Waals surface area contributed by atoms with Crippen molar-refractivity contribution in [2.24, 2.45) is 0 Å². The Bertz CT molecular complexity index is 1030. The SMILES string of the molecule is Cc1cc(Cn2nnc3c(cnn3-c3ccccc3)c2=O)on1. The molecule has 0 aliphatic carbocycles. The van der Waals surface area contributed by atoms with Crippen LogP contribution in [0.5, 0.6) is 0 Å². The van der Waals surface area contributed by atoms with Crippen molar-refractivity contribution in [3.05, 3.63) is 64.4 Å². The third-order valence-electron chi connectivity index (χ3n) is 3.44. The number of fused-ring (bicyclic) bond motifs is 1. The summed E-state index contributed by atoms with van der Waals surface area (Å²) >= 11 is 0. The van der Waals surface area contributed by atoms with Crippen molar-refractivity contribution in [1.82, 2.24) is 29.9 Å². The van der Waals surface area contributed by atoms with E-state index in [1.807, 2.05) is 37.3 Å². The summed E-state index contributed by atoms with van der Waals surface area (Å²) in [5, 5.41) is 16.5. The highest BCUT2D eigenvalue weighted by Gasteiger charge is 2.13. The minimum atomic E-state index is -0.272. The van der Waals surface area contributed by atoms with Crippen LogP contribution in [0.15, 0.2) is 51.9 Å². The summed E-state index contributed by atoms with van der Waals surface area (Å²) in [5.74, 6) is 0.550. The zero-order chi connectivity index (χ0) is 15.8. The fraction of sp³-hybridized carbons (Fsp3) is 0.133. The van der Waals surface area contributed by atoms with E-state index in [4.69, 9.17) is 4.52 Å². The molecule has 0 amide bonds. The molecule has 0 saturated heterocycles. The van der Waals surface area contributed by atoms with E-state index in [-0.39, 0.29) is 12.1 Å². The first-order valence-electron chi connectivity index (χ1n) is 7.01. The van der Waals surface area contributed by atoms with Gasteiger partial charge in [-0.05, 0) is 19.1 Å². The number of hydrogen-bond donors (Lipinski definition) is 0. The van der Waals surface area contributed by atoms with Gasteiger partial charge in [0.15, 0.2) is 11.4 Å². The topological polar surface area (TPSA) is 91.6 Å². The second kappa shape index (κ2) is 5.16. The van der Waals surface area contributed by atoms with Crippen LogP contribution in [-0.4, -0.2) is 29.9 Å². The molecule has 0 saturated carbocycles. The average molecular weight is 308 g/mol. The number of para-hydroxylation sites is 1. The molecule has 0 fully saturated rings. The molecule has 3 aromatic heterocycles. The highest BCUT2D eigenvalue weighted by atomic mass is 16.5. The Morgan fingerprint density at radius 1 is 1.22 bits per heavy atom. The number of aryl methyl sites for hydroxylation is 1. The summed E-state index contributed by atoms with van der Waals surface area (Å²) in [6.45, 7) is 1.99. The molecule has 4 aromatic rings. The van der Waals surface area contributed by atoms with Gasteiger partial charge in [-0.15, -0.1) is 5.10 Å². The van der Waals surface area contributed by atoms with Gasteiger partial charge >= 0.3 is 0 Å². The van der Waals surface area contributed by atoms with Crippen molar-refractivity contribution in [1.29, 1.82) is 0 Å². The van der Waals surface area contributed by atoms with Crippen molar-refractivity contribution in [2.75, 3.05) is 0 Å². The molecule has 0 N–H and O–H groups in total. The maximum atomic E-state index is 12.5. The van der Waals surface area contributed by atoms with Crippen molar-refractivity contribution < 1.29 is 4.52 Å². The molecule has 0 radical (unpaired) electrons. The van der Waals surface area contributed by atoms with E-state index in [0.29, 0.717) is 16.8 Å². The molecule has 8 heteroatoms. The van der Waals surface area contributed by atoms with Gasteiger partial charge in [0, 0.05) is 6.07 Å². The number of aromatic nitrogens is 6. The van der Waals surface area contributed by atoms with Crippen LogP contribution >= 0.6 is 0 Å². The second-order valence-electron chi connectivity index (χ2n) is 5.12. The van der Waals surface area contributed by atoms with Gasteiger partial charge in [-0.3, -0.25) is 4.79 Å². The molecule has 0 bridgehead atoms. The largest absolute Gasteiger partial charge is 0.359 e. The van der Waals surface area contributed by atoms with Gasteiger partial charge in [-0.2, -0.15) is 5.10 Å². The van der Waals surface area contributed by atoms with Crippen molar-refractivity contribution in [2.45, 2.75) is 13.5 Å². The van der Waals surface area contributed by atoms with Crippen molar-refractivity contribution in [3.8, 4) is 5.69 Å². The lowest BCUT2D eigenvalue weighted by molar-refractivity contribution is 0.363. The minimum absolute atomic E-state index is 0.180. The van der Waals surface area contributed by atoms with Gasteiger partial charge in [-0.1, -0.05) is 28.6 Å². The molecule has 4 rings (SSSR count). The molecule has 23 heavy (non-hydrogen) atoms. The van der Waals surface area contributed by atoms with E-state index >= 15 is 0 Å². The summed E-state index contributed by atoms with van der Waals surface area (Å²) < 4.78 is 7.94. The van der Waals surface area contributed by atoms with Gasteiger partial charge in [-0.25, -0.2) is 9.36 Å². The zero-order valence-corrected chi connectivity index (χ0v) is 12.2. The van der Waals surface area contributed by atoms with Crippen LogP contribution in [0, 0.1) is 6.92 Å². The molecule has 1 aromatic carbocycles. The molecule has 0 atom stereocenters. The summed E-state index contributed by atoms with van der Waals surface area (Å²) in [5.41, 5.74) is 1.72. The lowest BCUT2D eigenvalue weighted by Crippen LogP contribution is -2.24. The maximum Gasteiger partial charge on any atom is 0.281 e. The summed E-state index contributed by atoms with van der Waals surface area (Å²) in [7, 11) is 0. The predicted octanol–water partition coefficient (Wildman–Crippen LogP) is 1.32. The van der Waals surface area contributed by atoms with Crippen LogP contribution in [0.3, 0.4) is 0 Å². The molecular formula is C15H12N6O2. The smallest absolute Gasteiger partial charge is 0.281 e. The Balaban J connectivity index is 1.79. The maximum absolute atomic E-state index is 12.5. The molecule has 8 nitrogen and oxygen atoms in total. The summed E-state index contributed by atoms with van der Waals surface area (Å²) in [6.07, 6.45) is 1.50. The monoisotopic (exact) mass is 308 g/mol. The molecule has 0 aliphatic rings. The quantitative estimate of drug-likeness (QED) is 0.567. The average Bonchev–Trinajstić information content (AvgIpc) is 3.17. The van der Waals surface area contributed by atoms with Gasteiger partial charge < -0.3 is 4.52 Å². The molecule has 3 heterocycles. The van der Waals surface area contributed by atoms with E-state index in [2.05, 4.69) is 20.6 Å². The molecule has 0 aliphatic heterocycles. The highest BCUT2D eigenvalue weighted by Crippen LogP contribution is 2.12. The molecule has 0 unspecified atom stereocenters. The number of hydrogen-bond acceptors (Lipinski definition) is 6. The van der Waals surface area contributed by atoms with Crippen LogP contribution < -0.4 is 5.56 Å². The molecule has 0 spiro atoms. The van der Waals surface area contributed by atoms with Gasteiger partial charge in [0.2, 0.25) is 0 Å². The van der Waals surface area contributed by atoms with Gasteiger partial charge in [0.05, 0.1) is 17.6 Å². The summed E-state index contributed by atoms with van der Waals surface area (Å²) in [6, 6.07) is 11.2. The van der Waals surface area contributed by atoms with Crippen LogP contribution in [-0.2, 0) is 6.54 Å². The molecule has 114 valence electrons. The Hall–Kier alpha value is -3.29. The lowest BCUT2D eigenvalue weighted by Gasteiger charge is -2.03. The third-order valence-corrected chi connectivity index (χ3v) is 3.44. The van der Waals surface area contributed by atoms with Crippen LogP contribution in [0.4, 0.5) is 0 Å². The first-order chi connectivity index (χ1) is 11.2. The van der Waals surface area contributed by atoms with E-state index < -0.39 is 0 Å². The van der Waals surface area contributed by atoms with E-state index in [1.54, 1.807) is 10.7 Å². The Morgan fingerprint density at radius 3 is 2.78 bits per heavy atom. The van der Waals surface area contributed by atoms with Gasteiger partial charge in [0.1, 0.15) is 11.9 Å². The standard InChI is InChI=1S/C15H12N6O2/c1-10-7-12(23-18-10)9-20-15(22)13-8-16-21(14(13)17-19-20)11-5-3-2-4-6-11/h2-8H,9H2,1H3. The summed E-state index contributed by atoms with van der Waals surface area (Å²) in [4.78, 5) is 12.5. The van der Waals surface area contributed by atoms with Crippen LogP contribution in [0.1, 0.15) is 11.5 Å². The fourth-order valence-electron chi connectivity index (χ4n) is 2.37. The highest BCUT2D eigenvalue weighted by molar-refractivity contribution is 5.74. The van der Waals surface area contributed by atoms with Gasteiger partial charge in [0.25, 0.3) is 5.56 Å². The first kappa shape index (κ1) is 13.4. The van der Waals surface area contributed by atoms with Crippen molar-refractivity contribution in [3.63, 3.8) is 0 Å². The lowest BCUT2D eigenvalue weighted by atomic mass is 10.3. The second-order valence-corrected chi connectivity index (χ2v) is 5.12. The fourth-order valence-corrected chi connectivity index (χ4v) is 2.37. The zero-order valence-electron chi connectivity index (χ0n) is 12.2. The van der Waals surface area contributed by atoms with E-state index in [1.165, 1.54) is 10.9 Å². The van der Waals surface area contributed by atoms with E-state index in [0.717, 1.165) is 11.4 Å². The van der Waals surface area contributed by atoms with E-state index in [9.17, 15) is 4.79 Å². The number of benzene rings is 1. The molecular weight excluding hydrogens is 296 g/mol. The Kier molecular flexibility index (Phi) is 3.00. The third kappa shape index (κ3) is 2.30. The number of nitrogens with zero attached hydrogens (tertiary/aromatic N) is 6.